The molecule has 4 N–H and O–H groups in total. The van der Waals surface area contributed by atoms with Crippen LogP contribution in [-0.4, -0.2) is 54.9 Å². The maximum absolute atomic E-state index is 12.7. The van der Waals surface area contributed by atoms with Gasteiger partial charge >= 0.3 is 13.9 Å². The Morgan fingerprint density at radius 3 is 2.45 bits per heavy atom. The highest BCUT2D eigenvalue weighted by Gasteiger charge is 2.32. The van der Waals surface area contributed by atoms with Crippen molar-refractivity contribution in [1.29, 1.82) is 0 Å². The standard InChI is InChI=1S/C18H29N2O7PS/c21-18(19-11-10-15-6-2-1-3-7-15)20-12-17(13-27-28(22,23)24)29(25,26)14-16-8-4-5-9-16/h1-3,6-7,16-17H,4-5,8-14H2,(H2,19,20,21)(H2,22,23,24). The monoisotopic (exact) mass is 448 g/mol. The number of benzene rings is 1. The minimum atomic E-state index is -4.82. The molecule has 9 nitrogen and oxygen atoms in total. The van der Waals surface area contributed by atoms with E-state index in [-0.39, 0.29) is 18.2 Å². The molecule has 29 heavy (non-hydrogen) atoms. The van der Waals surface area contributed by atoms with E-state index in [1.807, 2.05) is 30.3 Å². The molecule has 164 valence electrons. The lowest BCUT2D eigenvalue weighted by Crippen LogP contribution is -2.45. The minimum absolute atomic E-state index is 0.0391. The van der Waals surface area contributed by atoms with Gasteiger partial charge < -0.3 is 20.4 Å². The van der Waals surface area contributed by atoms with Crippen molar-refractivity contribution in [2.75, 3.05) is 25.4 Å². The van der Waals surface area contributed by atoms with Crippen LogP contribution in [0.2, 0.25) is 0 Å². The quantitative estimate of drug-likeness (QED) is 0.377. The van der Waals surface area contributed by atoms with E-state index in [0.29, 0.717) is 13.0 Å². The summed E-state index contributed by atoms with van der Waals surface area (Å²) in [5.74, 6) is -0.0308. The molecule has 1 aromatic carbocycles. The SMILES string of the molecule is O=C(NCCc1ccccc1)NCC(COP(=O)(O)O)S(=O)(=O)CC1CCCC1. The Morgan fingerprint density at radius 1 is 1.17 bits per heavy atom. The van der Waals surface area contributed by atoms with Gasteiger partial charge in [-0.15, -0.1) is 0 Å². The summed E-state index contributed by atoms with van der Waals surface area (Å²) in [6, 6.07) is 9.02. The molecule has 0 bridgehead atoms. The van der Waals surface area contributed by atoms with Crippen molar-refractivity contribution < 1.29 is 32.1 Å². The zero-order valence-corrected chi connectivity index (χ0v) is 17.9. The Kier molecular flexibility index (Phi) is 9.10. The van der Waals surface area contributed by atoms with Crippen LogP contribution in [0.25, 0.3) is 0 Å². The van der Waals surface area contributed by atoms with E-state index in [0.717, 1.165) is 31.2 Å². The number of phosphoric ester groups is 1. The third-order valence-electron chi connectivity index (χ3n) is 4.91. The highest BCUT2D eigenvalue weighted by molar-refractivity contribution is 7.92. The first-order chi connectivity index (χ1) is 13.7. The summed E-state index contributed by atoms with van der Waals surface area (Å²) < 4.78 is 40.8. The molecule has 0 aromatic heterocycles. The molecule has 1 aliphatic rings. The van der Waals surface area contributed by atoms with Gasteiger partial charge in [-0.25, -0.2) is 17.8 Å². The highest BCUT2D eigenvalue weighted by atomic mass is 32.2. The number of carbonyl (C=O) groups excluding carboxylic acids is 1. The fraction of sp³-hybridized carbons (Fsp3) is 0.611. The Morgan fingerprint density at radius 2 is 1.83 bits per heavy atom. The predicted molar refractivity (Wildman–Crippen MR) is 109 cm³/mol. The van der Waals surface area contributed by atoms with Crippen LogP contribution in [0.1, 0.15) is 31.2 Å². The number of hydrogen-bond acceptors (Lipinski definition) is 5. The second-order valence-corrected chi connectivity index (χ2v) is 10.8. The van der Waals surface area contributed by atoms with Crippen LogP contribution in [-0.2, 0) is 25.3 Å². The van der Waals surface area contributed by atoms with Crippen molar-refractivity contribution in [2.45, 2.75) is 37.4 Å². The summed E-state index contributed by atoms with van der Waals surface area (Å²) in [6.07, 6.45) is 4.22. The van der Waals surface area contributed by atoms with Crippen molar-refractivity contribution in [1.82, 2.24) is 10.6 Å². The van der Waals surface area contributed by atoms with Gasteiger partial charge in [-0.05, 0) is 30.7 Å². The summed E-state index contributed by atoms with van der Waals surface area (Å²) in [5.41, 5.74) is 1.06. The molecule has 1 atom stereocenters. The van der Waals surface area contributed by atoms with Crippen LogP contribution >= 0.6 is 7.82 Å². The van der Waals surface area contributed by atoms with E-state index in [9.17, 15) is 17.8 Å². The molecule has 1 aromatic rings. The maximum Gasteiger partial charge on any atom is 0.469 e. The van der Waals surface area contributed by atoms with Gasteiger partial charge in [0, 0.05) is 13.1 Å². The zero-order valence-electron chi connectivity index (χ0n) is 16.2. The number of phosphoric acid groups is 1. The average Bonchev–Trinajstić information content (AvgIpc) is 3.13. The molecule has 2 amide bonds. The lowest BCUT2D eigenvalue weighted by molar-refractivity contribution is 0.195. The van der Waals surface area contributed by atoms with Gasteiger partial charge in [0.05, 0.1) is 12.4 Å². The fourth-order valence-corrected chi connectivity index (χ4v) is 5.70. The molecule has 11 heteroatoms. The minimum Gasteiger partial charge on any atom is -0.338 e. The second kappa shape index (κ2) is 11.1. The molecular formula is C18H29N2O7PS. The van der Waals surface area contributed by atoms with Crippen LogP contribution < -0.4 is 10.6 Å². The first-order valence-corrected chi connectivity index (χ1v) is 12.9. The van der Waals surface area contributed by atoms with Crippen LogP contribution in [0.4, 0.5) is 4.79 Å². The summed E-state index contributed by atoms with van der Waals surface area (Å²) in [5, 5.41) is 3.89. The molecule has 0 heterocycles. The molecule has 1 fully saturated rings. The first-order valence-electron chi connectivity index (χ1n) is 9.63. The molecule has 0 aliphatic heterocycles. The van der Waals surface area contributed by atoms with Crippen LogP contribution in [0.3, 0.4) is 0 Å². The topological polar surface area (TPSA) is 142 Å². The van der Waals surface area contributed by atoms with Gasteiger partial charge in [0.2, 0.25) is 0 Å². The zero-order chi connectivity index (χ0) is 21.3. The number of urea groups is 1. The lowest BCUT2D eigenvalue weighted by atomic mass is 10.1. The van der Waals surface area contributed by atoms with Gasteiger partial charge in [0.25, 0.3) is 0 Å². The van der Waals surface area contributed by atoms with Gasteiger partial charge in [0.1, 0.15) is 5.25 Å². The smallest absolute Gasteiger partial charge is 0.338 e. The Hall–Kier alpha value is -1.45. The van der Waals surface area contributed by atoms with Crippen LogP contribution in [0, 0.1) is 5.92 Å². The van der Waals surface area contributed by atoms with Gasteiger partial charge in [-0.2, -0.15) is 0 Å². The van der Waals surface area contributed by atoms with Gasteiger partial charge in [-0.3, -0.25) is 4.52 Å². The van der Waals surface area contributed by atoms with Crippen LogP contribution in [0.5, 0.6) is 0 Å². The molecule has 0 saturated heterocycles. The number of amides is 2. The third kappa shape index (κ3) is 9.27. The summed E-state index contributed by atoms with van der Waals surface area (Å²) in [7, 11) is -8.51. The first kappa shape index (κ1) is 23.8. The number of nitrogens with one attached hydrogen (secondary N) is 2. The second-order valence-electron chi connectivity index (χ2n) is 7.26. The van der Waals surface area contributed by atoms with E-state index >= 15 is 0 Å². The Bertz CT molecular complexity index is 792. The third-order valence-corrected chi connectivity index (χ3v) is 7.65. The van der Waals surface area contributed by atoms with Crippen molar-refractivity contribution >= 4 is 23.7 Å². The lowest BCUT2D eigenvalue weighted by Gasteiger charge is -2.20. The molecule has 1 saturated carbocycles. The normalized spacial score (nSPS) is 16.5. The van der Waals surface area contributed by atoms with E-state index in [1.165, 1.54) is 0 Å². The largest absolute Gasteiger partial charge is 0.469 e. The van der Waals surface area contributed by atoms with Crippen molar-refractivity contribution in [3.05, 3.63) is 35.9 Å². The molecule has 1 unspecified atom stereocenters. The van der Waals surface area contributed by atoms with Crippen molar-refractivity contribution in [2.24, 2.45) is 5.92 Å². The van der Waals surface area contributed by atoms with Crippen molar-refractivity contribution in [3.8, 4) is 0 Å². The van der Waals surface area contributed by atoms with Gasteiger partial charge in [0.15, 0.2) is 9.84 Å². The van der Waals surface area contributed by atoms with E-state index < -0.39 is 35.5 Å². The maximum atomic E-state index is 12.7. The molecule has 0 radical (unpaired) electrons. The molecule has 2 rings (SSSR count). The van der Waals surface area contributed by atoms with E-state index in [4.69, 9.17) is 9.79 Å². The van der Waals surface area contributed by atoms with Gasteiger partial charge in [-0.1, -0.05) is 43.2 Å². The molecular weight excluding hydrogens is 419 g/mol. The average molecular weight is 448 g/mol. The van der Waals surface area contributed by atoms with Crippen LogP contribution in [0.15, 0.2) is 30.3 Å². The molecule has 1 aliphatic carbocycles. The fourth-order valence-electron chi connectivity index (χ4n) is 3.35. The Labute approximate surface area is 171 Å². The summed E-state index contributed by atoms with van der Waals surface area (Å²) in [4.78, 5) is 29.8. The number of sulfone groups is 1. The number of rotatable bonds is 11. The highest BCUT2D eigenvalue weighted by Crippen LogP contribution is 2.36. The molecule has 0 spiro atoms. The van der Waals surface area contributed by atoms with Crippen molar-refractivity contribution in [3.63, 3.8) is 0 Å². The predicted octanol–water partition coefficient (Wildman–Crippen LogP) is 1.61. The summed E-state index contributed by atoms with van der Waals surface area (Å²) in [6.45, 7) is -0.593. The number of hydrogen-bond donors (Lipinski definition) is 4. The van der Waals surface area contributed by atoms with E-state index in [1.54, 1.807) is 0 Å². The Balaban J connectivity index is 1.86. The summed E-state index contributed by atoms with van der Waals surface area (Å²) >= 11 is 0. The number of carbonyl (C=O) groups is 1. The van der Waals surface area contributed by atoms with E-state index in [2.05, 4.69) is 15.2 Å².